The zero-order valence-electron chi connectivity index (χ0n) is 13.0. The Kier molecular flexibility index (Phi) is 7.75. The van der Waals surface area contributed by atoms with E-state index in [0.717, 1.165) is 24.9 Å². The third-order valence-corrected chi connectivity index (χ3v) is 3.07. The van der Waals surface area contributed by atoms with Crippen LogP contribution in [0.4, 0.5) is 4.39 Å². The van der Waals surface area contributed by atoms with E-state index in [9.17, 15) is 9.18 Å². The maximum atomic E-state index is 13.4. The lowest BCUT2D eigenvalue weighted by molar-refractivity contribution is -0.123. The largest absolute Gasteiger partial charge is 0.483 e. The molecule has 21 heavy (non-hydrogen) atoms. The lowest BCUT2D eigenvalue weighted by atomic mass is 10.1. The van der Waals surface area contributed by atoms with Gasteiger partial charge in [-0.05, 0) is 44.5 Å². The van der Waals surface area contributed by atoms with Gasteiger partial charge in [0.15, 0.2) is 6.61 Å². The fourth-order valence-electron chi connectivity index (χ4n) is 1.92. The molecule has 0 heterocycles. The summed E-state index contributed by atoms with van der Waals surface area (Å²) in [6.07, 6.45) is 1.88. The van der Waals surface area contributed by atoms with Crippen molar-refractivity contribution in [3.63, 3.8) is 0 Å². The molecular weight excluding hydrogens is 271 g/mol. The summed E-state index contributed by atoms with van der Waals surface area (Å²) in [5, 5.41) is 6.03. The van der Waals surface area contributed by atoms with Crippen LogP contribution in [0.25, 0.3) is 0 Å². The summed E-state index contributed by atoms with van der Waals surface area (Å²) in [5.41, 5.74) is 0.728. The summed E-state index contributed by atoms with van der Waals surface area (Å²) < 4.78 is 19.0. The first-order valence-electron chi connectivity index (χ1n) is 7.50. The Morgan fingerprint density at radius 2 is 2.00 bits per heavy atom. The number of hydrogen-bond acceptors (Lipinski definition) is 3. The number of rotatable bonds is 9. The first kappa shape index (κ1) is 17.4. The molecule has 0 aliphatic rings. The molecule has 0 spiro atoms. The molecule has 1 aromatic carbocycles. The number of nitrogens with one attached hydrogen (secondary N) is 2. The van der Waals surface area contributed by atoms with Gasteiger partial charge in [0, 0.05) is 18.2 Å². The molecular formula is C16H25FN2O2. The second-order valence-electron chi connectivity index (χ2n) is 5.00. The highest BCUT2D eigenvalue weighted by atomic mass is 19.1. The Hall–Kier alpha value is -1.62. The molecule has 1 unspecified atom stereocenters. The number of ether oxygens (including phenoxy) is 1. The van der Waals surface area contributed by atoms with E-state index in [1.54, 1.807) is 6.07 Å². The Morgan fingerprint density at radius 1 is 1.29 bits per heavy atom. The van der Waals surface area contributed by atoms with E-state index in [4.69, 9.17) is 4.74 Å². The standard InChI is InChI=1S/C16H25FN2O2/c1-4-8-18-12(3)14-10-13(17)6-7-15(14)21-11-16(20)19-9-5-2/h6-7,10,12,18H,4-5,8-9,11H2,1-3H3,(H,19,20). The molecule has 4 nitrogen and oxygen atoms in total. The van der Waals surface area contributed by atoms with Gasteiger partial charge >= 0.3 is 0 Å². The molecule has 1 atom stereocenters. The number of carbonyl (C=O) groups is 1. The van der Waals surface area contributed by atoms with Crippen LogP contribution in [0.15, 0.2) is 18.2 Å². The summed E-state index contributed by atoms with van der Waals surface area (Å²) in [6.45, 7) is 7.43. The molecule has 0 radical (unpaired) electrons. The molecule has 0 saturated carbocycles. The van der Waals surface area contributed by atoms with Crippen LogP contribution in [-0.2, 0) is 4.79 Å². The number of carbonyl (C=O) groups excluding carboxylic acids is 1. The molecule has 0 aliphatic heterocycles. The van der Waals surface area contributed by atoms with Crippen molar-refractivity contribution in [1.82, 2.24) is 10.6 Å². The van der Waals surface area contributed by atoms with Crippen LogP contribution in [0.1, 0.15) is 45.2 Å². The van der Waals surface area contributed by atoms with Gasteiger partial charge in [0.1, 0.15) is 11.6 Å². The van der Waals surface area contributed by atoms with Crippen molar-refractivity contribution in [2.45, 2.75) is 39.7 Å². The molecule has 118 valence electrons. The van der Waals surface area contributed by atoms with Crippen molar-refractivity contribution in [2.75, 3.05) is 19.7 Å². The zero-order valence-corrected chi connectivity index (χ0v) is 13.0. The first-order chi connectivity index (χ1) is 10.1. The van der Waals surface area contributed by atoms with E-state index < -0.39 is 0 Å². The van der Waals surface area contributed by atoms with Crippen LogP contribution in [0.3, 0.4) is 0 Å². The summed E-state index contributed by atoms with van der Waals surface area (Å²) in [6, 6.07) is 4.33. The number of halogens is 1. The van der Waals surface area contributed by atoms with Crippen molar-refractivity contribution >= 4 is 5.91 Å². The van der Waals surface area contributed by atoms with Crippen LogP contribution >= 0.6 is 0 Å². The molecule has 0 fully saturated rings. The van der Waals surface area contributed by atoms with Crippen LogP contribution in [0, 0.1) is 5.82 Å². The maximum Gasteiger partial charge on any atom is 0.257 e. The van der Waals surface area contributed by atoms with Crippen molar-refractivity contribution in [3.05, 3.63) is 29.6 Å². The van der Waals surface area contributed by atoms with Crippen molar-refractivity contribution in [1.29, 1.82) is 0 Å². The Morgan fingerprint density at radius 3 is 2.67 bits per heavy atom. The minimum absolute atomic E-state index is 0.0330. The highest BCUT2D eigenvalue weighted by Gasteiger charge is 2.13. The Bertz CT molecular complexity index is 452. The zero-order chi connectivity index (χ0) is 15.7. The van der Waals surface area contributed by atoms with Gasteiger partial charge in [0.05, 0.1) is 0 Å². The third-order valence-electron chi connectivity index (χ3n) is 3.07. The SMILES string of the molecule is CCCNC(=O)COc1ccc(F)cc1C(C)NCCC. The molecule has 0 aliphatic carbocycles. The van der Waals surface area contributed by atoms with E-state index in [1.165, 1.54) is 12.1 Å². The molecule has 1 amide bonds. The molecule has 5 heteroatoms. The van der Waals surface area contributed by atoms with Gasteiger partial charge in [0.25, 0.3) is 5.91 Å². The molecule has 1 aromatic rings. The minimum Gasteiger partial charge on any atom is -0.483 e. The van der Waals surface area contributed by atoms with Gasteiger partial charge in [-0.15, -0.1) is 0 Å². The second-order valence-corrected chi connectivity index (χ2v) is 5.00. The Balaban J connectivity index is 2.70. The molecule has 1 rings (SSSR count). The number of hydrogen-bond donors (Lipinski definition) is 2. The van der Waals surface area contributed by atoms with Crippen molar-refractivity contribution in [2.24, 2.45) is 0 Å². The van der Waals surface area contributed by atoms with Gasteiger partial charge in [-0.3, -0.25) is 4.79 Å². The minimum atomic E-state index is -0.307. The quantitative estimate of drug-likeness (QED) is 0.737. The Labute approximate surface area is 126 Å². The second kappa shape index (κ2) is 9.34. The average molecular weight is 296 g/mol. The van der Waals surface area contributed by atoms with E-state index in [2.05, 4.69) is 17.6 Å². The van der Waals surface area contributed by atoms with Crippen LogP contribution in [-0.4, -0.2) is 25.6 Å². The molecule has 0 bridgehead atoms. The lowest BCUT2D eigenvalue weighted by Crippen LogP contribution is -2.29. The maximum absolute atomic E-state index is 13.4. The van der Waals surface area contributed by atoms with Crippen LogP contribution in [0.2, 0.25) is 0 Å². The van der Waals surface area contributed by atoms with Gasteiger partial charge < -0.3 is 15.4 Å². The fraction of sp³-hybridized carbons (Fsp3) is 0.562. The molecule has 0 aromatic heterocycles. The van der Waals surface area contributed by atoms with Gasteiger partial charge in [-0.1, -0.05) is 13.8 Å². The summed E-state index contributed by atoms with van der Waals surface area (Å²) in [7, 11) is 0. The first-order valence-corrected chi connectivity index (χ1v) is 7.50. The van der Waals surface area contributed by atoms with Crippen molar-refractivity contribution in [3.8, 4) is 5.75 Å². The normalized spacial score (nSPS) is 12.0. The monoisotopic (exact) mass is 296 g/mol. The predicted molar refractivity (Wildman–Crippen MR) is 81.9 cm³/mol. The highest BCUT2D eigenvalue weighted by Crippen LogP contribution is 2.26. The fourth-order valence-corrected chi connectivity index (χ4v) is 1.92. The smallest absolute Gasteiger partial charge is 0.257 e. The number of benzene rings is 1. The lowest BCUT2D eigenvalue weighted by Gasteiger charge is -2.18. The van der Waals surface area contributed by atoms with E-state index in [0.29, 0.717) is 12.3 Å². The third kappa shape index (κ3) is 6.12. The van der Waals surface area contributed by atoms with E-state index in [-0.39, 0.29) is 24.4 Å². The van der Waals surface area contributed by atoms with Gasteiger partial charge in [-0.2, -0.15) is 0 Å². The van der Waals surface area contributed by atoms with Gasteiger partial charge in [-0.25, -0.2) is 4.39 Å². The average Bonchev–Trinajstić information content (AvgIpc) is 2.49. The predicted octanol–water partition coefficient (Wildman–Crippen LogP) is 2.79. The summed E-state index contributed by atoms with van der Waals surface area (Å²) in [5.74, 6) is 0.0679. The number of amides is 1. The van der Waals surface area contributed by atoms with Crippen molar-refractivity contribution < 1.29 is 13.9 Å². The molecule has 0 saturated heterocycles. The summed E-state index contributed by atoms with van der Waals surface area (Å²) in [4.78, 5) is 11.6. The van der Waals surface area contributed by atoms with E-state index in [1.807, 2.05) is 13.8 Å². The summed E-state index contributed by atoms with van der Waals surface area (Å²) >= 11 is 0. The van der Waals surface area contributed by atoms with Crippen LogP contribution in [0.5, 0.6) is 5.75 Å². The van der Waals surface area contributed by atoms with Gasteiger partial charge in [0.2, 0.25) is 0 Å². The van der Waals surface area contributed by atoms with Crippen LogP contribution < -0.4 is 15.4 Å². The topological polar surface area (TPSA) is 50.4 Å². The molecule has 2 N–H and O–H groups in total. The highest BCUT2D eigenvalue weighted by molar-refractivity contribution is 5.77. The van der Waals surface area contributed by atoms with E-state index >= 15 is 0 Å².